The third-order valence-corrected chi connectivity index (χ3v) is 9.77. The molecule has 5 aliphatic rings. The highest BCUT2D eigenvalue weighted by Gasteiger charge is 2.51. The summed E-state index contributed by atoms with van der Waals surface area (Å²) in [5, 5.41) is 0.384. The van der Waals surface area contributed by atoms with Crippen molar-refractivity contribution in [2.45, 2.75) is 108 Å². The normalized spacial score (nSPS) is 31.2. The van der Waals surface area contributed by atoms with Gasteiger partial charge in [0, 0.05) is 31.1 Å². The number of rotatable bonds is 3. The summed E-state index contributed by atoms with van der Waals surface area (Å²) in [5.41, 5.74) is -0.556. The molecule has 0 aliphatic carbocycles. The van der Waals surface area contributed by atoms with Gasteiger partial charge in [-0.15, -0.1) is 0 Å². The van der Waals surface area contributed by atoms with E-state index in [4.69, 9.17) is 14.5 Å². The Bertz CT molecular complexity index is 1390. The SMILES string of the molecule is CC(C)(C)OC(=O)N1[C@@H]2CC[C@H]1[C@H]1CCCc3c(F)cc(F)c4nc(OC[C@@]56CCCN5C[C@H](F)C6)nc(c34)N1C2. The minimum Gasteiger partial charge on any atom is -0.461 e. The molecule has 8 nitrogen and oxygen atoms in total. The Morgan fingerprint density at radius 2 is 1.93 bits per heavy atom. The first-order valence-electron chi connectivity index (χ1n) is 15.0. The third-order valence-electron chi connectivity index (χ3n) is 9.77. The Morgan fingerprint density at radius 3 is 2.73 bits per heavy atom. The molecule has 1 aromatic heterocycles. The molecule has 0 saturated carbocycles. The fourth-order valence-electron chi connectivity index (χ4n) is 8.15. The van der Waals surface area contributed by atoms with E-state index in [1.165, 1.54) is 0 Å². The molecule has 1 aromatic carbocycles. The number of nitrogens with zero attached hydrogens (tertiary/aromatic N) is 5. The second kappa shape index (κ2) is 9.61. The molecule has 0 radical (unpaired) electrons. The van der Waals surface area contributed by atoms with Crippen LogP contribution >= 0.6 is 0 Å². The molecule has 41 heavy (non-hydrogen) atoms. The zero-order valence-corrected chi connectivity index (χ0v) is 24.0. The highest BCUT2D eigenvalue weighted by molar-refractivity contribution is 5.94. The Kier molecular flexibility index (Phi) is 6.34. The second-order valence-corrected chi connectivity index (χ2v) is 13.5. The minimum atomic E-state index is -0.898. The average molecular weight is 574 g/mol. The van der Waals surface area contributed by atoms with Gasteiger partial charge in [-0.25, -0.2) is 18.0 Å². The van der Waals surface area contributed by atoms with Crippen molar-refractivity contribution in [2.24, 2.45) is 0 Å². The van der Waals surface area contributed by atoms with Gasteiger partial charge in [0.2, 0.25) is 0 Å². The standard InChI is InChI=1S/C30H38F3N5O3/c1-29(2,3)41-28(39)38-18-8-9-23(38)22-7-4-6-19-20(32)12-21(33)25-24(19)26(37(22)15-18)35-27(34-25)40-16-30-10-5-11-36(30)14-17(31)13-30/h12,17-18,22-23H,4-11,13-16H2,1-3H3/t17-,18-,22-,23+,30+/m1/s1. The Morgan fingerprint density at radius 1 is 1.10 bits per heavy atom. The van der Waals surface area contributed by atoms with Gasteiger partial charge in [0.15, 0.2) is 5.82 Å². The fourth-order valence-corrected chi connectivity index (χ4v) is 8.15. The number of hydrogen-bond donors (Lipinski definition) is 0. The lowest BCUT2D eigenvalue weighted by Gasteiger charge is -2.48. The van der Waals surface area contributed by atoms with E-state index in [1.807, 2.05) is 25.7 Å². The molecule has 2 aromatic rings. The molecule has 0 spiro atoms. The summed E-state index contributed by atoms with van der Waals surface area (Å²) in [6.45, 7) is 7.51. The van der Waals surface area contributed by atoms with Crippen molar-refractivity contribution in [1.82, 2.24) is 19.8 Å². The maximum absolute atomic E-state index is 15.4. The van der Waals surface area contributed by atoms with Gasteiger partial charge in [0.1, 0.15) is 35.5 Å². The zero-order chi connectivity index (χ0) is 28.7. The molecule has 2 bridgehead atoms. The van der Waals surface area contributed by atoms with Gasteiger partial charge in [-0.2, -0.15) is 9.97 Å². The van der Waals surface area contributed by atoms with Crippen LogP contribution in [0.15, 0.2) is 6.07 Å². The quantitative estimate of drug-likeness (QED) is 0.503. The third kappa shape index (κ3) is 4.49. The smallest absolute Gasteiger partial charge is 0.410 e. The molecule has 4 fully saturated rings. The summed E-state index contributed by atoms with van der Waals surface area (Å²) >= 11 is 0. The van der Waals surface area contributed by atoms with Crippen molar-refractivity contribution in [1.29, 1.82) is 0 Å². The first kappa shape index (κ1) is 27.0. The number of halogens is 3. The molecular weight excluding hydrogens is 535 g/mol. The molecule has 1 amide bonds. The lowest BCUT2D eigenvalue weighted by molar-refractivity contribution is 0.00700. The maximum Gasteiger partial charge on any atom is 0.410 e. The van der Waals surface area contributed by atoms with E-state index < -0.39 is 28.9 Å². The van der Waals surface area contributed by atoms with Crippen LogP contribution in [0.2, 0.25) is 0 Å². The number of aromatic nitrogens is 2. The van der Waals surface area contributed by atoms with Gasteiger partial charge in [-0.05, 0) is 72.3 Å². The minimum absolute atomic E-state index is 0.0220. The largest absolute Gasteiger partial charge is 0.461 e. The van der Waals surface area contributed by atoms with Crippen LogP contribution in [0.25, 0.3) is 10.9 Å². The van der Waals surface area contributed by atoms with Crippen LogP contribution in [0.4, 0.5) is 23.8 Å². The van der Waals surface area contributed by atoms with Gasteiger partial charge in [0.25, 0.3) is 0 Å². The predicted octanol–water partition coefficient (Wildman–Crippen LogP) is 5.16. The zero-order valence-electron chi connectivity index (χ0n) is 24.0. The summed E-state index contributed by atoms with van der Waals surface area (Å²) in [5.74, 6) is -0.894. The Labute approximate surface area is 238 Å². The number of aryl methyl sites for hydroxylation is 1. The molecule has 6 heterocycles. The van der Waals surface area contributed by atoms with Crippen LogP contribution in [0.3, 0.4) is 0 Å². The molecular formula is C30H38F3N5O3. The van der Waals surface area contributed by atoms with E-state index >= 15 is 8.78 Å². The van der Waals surface area contributed by atoms with Gasteiger partial charge in [-0.1, -0.05) is 0 Å². The molecule has 7 rings (SSSR count). The topological polar surface area (TPSA) is 71.0 Å². The predicted molar refractivity (Wildman–Crippen MR) is 147 cm³/mol. The Hall–Kier alpha value is -2.82. The fraction of sp³-hybridized carbons (Fsp3) is 0.700. The summed E-state index contributed by atoms with van der Waals surface area (Å²) in [6.07, 6.45) is 4.47. The molecule has 0 unspecified atom stereocenters. The van der Waals surface area contributed by atoms with Gasteiger partial charge in [-0.3, -0.25) is 9.80 Å². The molecule has 4 saturated heterocycles. The molecule has 5 atom stereocenters. The van der Waals surface area contributed by atoms with Crippen molar-refractivity contribution < 1.29 is 27.4 Å². The Balaban J connectivity index is 1.27. The summed E-state index contributed by atoms with van der Waals surface area (Å²) in [6, 6.07) is 0.645. The van der Waals surface area contributed by atoms with Gasteiger partial charge < -0.3 is 14.4 Å². The highest BCUT2D eigenvalue weighted by atomic mass is 19.1. The van der Waals surface area contributed by atoms with E-state index in [2.05, 4.69) is 14.8 Å². The number of anilines is 1. The van der Waals surface area contributed by atoms with Crippen LogP contribution in [-0.4, -0.2) is 87.5 Å². The van der Waals surface area contributed by atoms with Crippen LogP contribution in [0.1, 0.15) is 71.3 Å². The van der Waals surface area contributed by atoms with Crippen molar-refractivity contribution in [2.75, 3.05) is 31.1 Å². The number of piperazine rings is 1. The number of hydrogen-bond acceptors (Lipinski definition) is 7. The molecule has 0 N–H and O–H groups in total. The average Bonchev–Trinajstić information content (AvgIpc) is 3.52. The maximum atomic E-state index is 15.4. The van der Waals surface area contributed by atoms with E-state index in [1.54, 1.807) is 0 Å². The van der Waals surface area contributed by atoms with E-state index in [-0.39, 0.29) is 42.4 Å². The van der Waals surface area contributed by atoms with E-state index in [0.29, 0.717) is 49.1 Å². The number of ether oxygens (including phenoxy) is 2. The number of fused-ring (bicyclic) bond motifs is 6. The second-order valence-electron chi connectivity index (χ2n) is 13.5. The van der Waals surface area contributed by atoms with Gasteiger partial charge in [0.05, 0.1) is 29.1 Å². The molecule has 5 aliphatic heterocycles. The van der Waals surface area contributed by atoms with Crippen LogP contribution in [0.5, 0.6) is 6.01 Å². The first-order valence-corrected chi connectivity index (χ1v) is 15.0. The monoisotopic (exact) mass is 573 g/mol. The van der Waals surface area contributed by atoms with E-state index in [0.717, 1.165) is 44.7 Å². The van der Waals surface area contributed by atoms with Crippen molar-refractivity contribution >= 4 is 22.8 Å². The number of carbonyl (C=O) groups is 1. The summed E-state index contributed by atoms with van der Waals surface area (Å²) in [4.78, 5) is 28.7. The molecule has 222 valence electrons. The van der Waals surface area contributed by atoms with Crippen molar-refractivity contribution in [3.63, 3.8) is 0 Å². The summed E-state index contributed by atoms with van der Waals surface area (Å²) in [7, 11) is 0. The highest BCUT2D eigenvalue weighted by Crippen LogP contribution is 2.45. The lowest BCUT2D eigenvalue weighted by atomic mass is 9.91. The number of carbonyl (C=O) groups excluding carboxylic acids is 1. The van der Waals surface area contributed by atoms with Crippen LogP contribution in [0, 0.1) is 11.6 Å². The summed E-state index contributed by atoms with van der Waals surface area (Å²) < 4.78 is 56.9. The van der Waals surface area contributed by atoms with Crippen molar-refractivity contribution in [3.05, 3.63) is 23.3 Å². The van der Waals surface area contributed by atoms with E-state index in [9.17, 15) is 9.18 Å². The first-order chi connectivity index (χ1) is 19.5. The van der Waals surface area contributed by atoms with Gasteiger partial charge >= 0.3 is 12.1 Å². The van der Waals surface area contributed by atoms with Crippen LogP contribution in [-0.2, 0) is 11.2 Å². The van der Waals surface area contributed by atoms with Crippen molar-refractivity contribution in [3.8, 4) is 6.01 Å². The lowest BCUT2D eigenvalue weighted by Crippen LogP contribution is -2.62. The number of amides is 1. The molecule has 11 heteroatoms. The number of benzene rings is 1. The number of alkyl halides is 1. The van der Waals surface area contributed by atoms with Crippen LogP contribution < -0.4 is 9.64 Å².